The SMILES string of the molecule is CCO[Si](CCCCCCCCCCCCCCCCCCCCCCCCCCCCCCCI)(OCC)OCC. The zero-order valence-electron chi connectivity index (χ0n) is 29.1. The fourth-order valence-electron chi connectivity index (χ4n) is 6.21. The molecule has 0 aromatic rings. The molecule has 0 heterocycles. The number of hydrogen-bond donors (Lipinski definition) is 0. The second kappa shape index (κ2) is 36.3. The van der Waals surface area contributed by atoms with Crippen molar-refractivity contribution in [1.29, 1.82) is 0 Å². The van der Waals surface area contributed by atoms with E-state index in [2.05, 4.69) is 22.6 Å². The molecular weight excluding hydrogens is 647 g/mol. The Balaban J connectivity index is 3.24. The van der Waals surface area contributed by atoms with Crippen LogP contribution in [0.3, 0.4) is 0 Å². The minimum absolute atomic E-state index is 0.686. The van der Waals surface area contributed by atoms with E-state index in [1.807, 2.05) is 20.8 Å². The Hall–Kier alpha value is 0.827. The summed E-state index contributed by atoms with van der Waals surface area (Å²) in [5.74, 6) is 0. The highest BCUT2D eigenvalue weighted by atomic mass is 127. The van der Waals surface area contributed by atoms with E-state index in [0.717, 1.165) is 6.04 Å². The predicted molar refractivity (Wildman–Crippen MR) is 198 cm³/mol. The molecule has 0 rings (SSSR count). The lowest BCUT2D eigenvalue weighted by molar-refractivity contribution is 0.0706. The first-order chi connectivity index (χ1) is 20.7. The third-order valence-corrected chi connectivity index (χ3v) is 12.6. The van der Waals surface area contributed by atoms with Gasteiger partial charge in [-0.1, -0.05) is 196 Å². The predicted octanol–water partition coefficient (Wildman–Crippen LogP) is 13.8. The second-order valence-corrected chi connectivity index (χ2v) is 16.5. The van der Waals surface area contributed by atoms with Crippen LogP contribution in [0.25, 0.3) is 0 Å². The third kappa shape index (κ3) is 30.8. The molecule has 3 nitrogen and oxygen atoms in total. The molecule has 0 bridgehead atoms. The molecule has 0 aromatic carbocycles. The maximum atomic E-state index is 5.97. The van der Waals surface area contributed by atoms with Gasteiger partial charge in [-0.3, -0.25) is 0 Å². The molecule has 0 saturated heterocycles. The van der Waals surface area contributed by atoms with E-state index in [9.17, 15) is 0 Å². The summed E-state index contributed by atoms with van der Waals surface area (Å²) in [6.45, 7) is 8.19. The molecule has 0 atom stereocenters. The highest BCUT2D eigenvalue weighted by molar-refractivity contribution is 14.1. The van der Waals surface area contributed by atoms with Crippen LogP contribution in [0.15, 0.2) is 0 Å². The lowest BCUT2D eigenvalue weighted by Crippen LogP contribution is -2.45. The zero-order chi connectivity index (χ0) is 30.7. The number of hydrogen-bond acceptors (Lipinski definition) is 3. The van der Waals surface area contributed by atoms with Crippen LogP contribution in [-0.4, -0.2) is 33.1 Å². The first-order valence-corrected chi connectivity index (χ1v) is 22.7. The summed E-state index contributed by atoms with van der Waals surface area (Å²) in [5.41, 5.74) is 0. The smallest absolute Gasteiger partial charge is 0.374 e. The van der Waals surface area contributed by atoms with Gasteiger partial charge in [-0.05, 0) is 38.0 Å². The molecule has 0 aliphatic rings. The standard InChI is InChI=1S/C37H77IO3Si/c1-4-39-42(40-5-2,41-6-3)37-35-33-31-29-27-25-23-21-19-17-15-13-11-9-7-8-10-12-14-16-18-20-22-24-26-28-30-32-34-36-38/h4-37H2,1-3H3. The average molecular weight is 725 g/mol. The van der Waals surface area contributed by atoms with Crippen molar-refractivity contribution in [1.82, 2.24) is 0 Å². The first-order valence-electron chi connectivity index (χ1n) is 19.2. The Morgan fingerprint density at radius 3 is 0.690 bits per heavy atom. The number of alkyl halides is 1. The molecule has 0 spiro atoms. The van der Waals surface area contributed by atoms with Gasteiger partial charge in [0, 0.05) is 25.9 Å². The van der Waals surface area contributed by atoms with Crippen LogP contribution in [0.5, 0.6) is 0 Å². The quantitative estimate of drug-likeness (QED) is 0.0276. The topological polar surface area (TPSA) is 27.7 Å². The van der Waals surface area contributed by atoms with Gasteiger partial charge in [0.25, 0.3) is 0 Å². The Labute approximate surface area is 280 Å². The van der Waals surface area contributed by atoms with Crippen molar-refractivity contribution in [3.8, 4) is 0 Å². The summed E-state index contributed by atoms with van der Waals surface area (Å²) in [6, 6.07) is 0.974. The van der Waals surface area contributed by atoms with Gasteiger partial charge in [-0.2, -0.15) is 0 Å². The Kier molecular flexibility index (Phi) is 37.0. The van der Waals surface area contributed by atoms with E-state index in [-0.39, 0.29) is 0 Å². The van der Waals surface area contributed by atoms with Gasteiger partial charge in [-0.15, -0.1) is 0 Å². The molecule has 254 valence electrons. The fraction of sp³-hybridized carbons (Fsp3) is 1.00. The van der Waals surface area contributed by atoms with Crippen LogP contribution >= 0.6 is 22.6 Å². The average Bonchev–Trinajstić information content (AvgIpc) is 2.98. The molecule has 42 heavy (non-hydrogen) atoms. The Morgan fingerprint density at radius 2 is 0.500 bits per heavy atom. The number of unbranched alkanes of at least 4 members (excludes halogenated alkanes) is 28. The molecular formula is C37H77IO3Si. The lowest BCUT2D eigenvalue weighted by atomic mass is 10.0. The van der Waals surface area contributed by atoms with Gasteiger partial charge >= 0.3 is 8.80 Å². The van der Waals surface area contributed by atoms with Crippen molar-refractivity contribution >= 4 is 31.4 Å². The molecule has 0 amide bonds. The molecule has 0 saturated carbocycles. The van der Waals surface area contributed by atoms with Crippen molar-refractivity contribution in [3.05, 3.63) is 0 Å². The molecule has 0 fully saturated rings. The normalized spacial score (nSPS) is 12.0. The van der Waals surface area contributed by atoms with Gasteiger partial charge in [0.2, 0.25) is 0 Å². The highest BCUT2D eigenvalue weighted by Crippen LogP contribution is 2.21. The van der Waals surface area contributed by atoms with E-state index in [1.54, 1.807) is 0 Å². The molecule has 5 heteroatoms. The van der Waals surface area contributed by atoms with E-state index < -0.39 is 8.80 Å². The lowest BCUT2D eigenvalue weighted by Gasteiger charge is -2.28. The molecule has 0 unspecified atom stereocenters. The van der Waals surface area contributed by atoms with Crippen LogP contribution in [-0.2, 0) is 13.3 Å². The summed E-state index contributed by atoms with van der Waals surface area (Å²) >= 11 is 2.50. The van der Waals surface area contributed by atoms with Crippen molar-refractivity contribution in [2.24, 2.45) is 0 Å². The van der Waals surface area contributed by atoms with Gasteiger partial charge in [-0.25, -0.2) is 0 Å². The zero-order valence-corrected chi connectivity index (χ0v) is 32.3. The van der Waals surface area contributed by atoms with E-state index >= 15 is 0 Å². The van der Waals surface area contributed by atoms with Crippen molar-refractivity contribution in [3.63, 3.8) is 0 Å². The van der Waals surface area contributed by atoms with E-state index in [0.29, 0.717) is 19.8 Å². The van der Waals surface area contributed by atoms with Crippen molar-refractivity contribution in [2.45, 2.75) is 213 Å². The monoisotopic (exact) mass is 724 g/mol. The molecule has 0 radical (unpaired) electrons. The largest absolute Gasteiger partial charge is 0.500 e. The van der Waals surface area contributed by atoms with Crippen LogP contribution in [0, 0.1) is 0 Å². The minimum Gasteiger partial charge on any atom is -0.374 e. The van der Waals surface area contributed by atoms with Crippen LogP contribution in [0.4, 0.5) is 0 Å². The molecule has 0 aromatic heterocycles. The maximum absolute atomic E-state index is 5.97. The summed E-state index contributed by atoms with van der Waals surface area (Å²) in [4.78, 5) is 0. The van der Waals surface area contributed by atoms with E-state index in [4.69, 9.17) is 13.3 Å². The van der Waals surface area contributed by atoms with Gasteiger partial charge < -0.3 is 13.3 Å². The Bertz CT molecular complexity index is 477. The summed E-state index contributed by atoms with van der Waals surface area (Å²) in [5, 5.41) is 0. The Morgan fingerprint density at radius 1 is 0.310 bits per heavy atom. The van der Waals surface area contributed by atoms with Crippen molar-refractivity contribution < 1.29 is 13.3 Å². The second-order valence-electron chi connectivity index (χ2n) is 12.7. The number of halogens is 1. The third-order valence-electron chi connectivity index (χ3n) is 8.71. The maximum Gasteiger partial charge on any atom is 0.500 e. The van der Waals surface area contributed by atoms with E-state index in [1.165, 1.54) is 191 Å². The van der Waals surface area contributed by atoms with Crippen LogP contribution in [0.1, 0.15) is 207 Å². The minimum atomic E-state index is -2.42. The first kappa shape index (κ1) is 42.8. The summed E-state index contributed by atoms with van der Waals surface area (Å²) in [6.07, 6.45) is 41.8. The molecule has 0 aliphatic carbocycles. The molecule has 0 N–H and O–H groups in total. The highest BCUT2D eigenvalue weighted by Gasteiger charge is 2.39. The number of rotatable bonds is 37. The van der Waals surface area contributed by atoms with Gasteiger partial charge in [0.1, 0.15) is 0 Å². The fourth-order valence-corrected chi connectivity index (χ4v) is 9.44. The summed E-state index contributed by atoms with van der Waals surface area (Å²) < 4.78 is 19.2. The summed E-state index contributed by atoms with van der Waals surface area (Å²) in [7, 11) is -2.42. The van der Waals surface area contributed by atoms with Crippen LogP contribution in [0.2, 0.25) is 6.04 Å². The van der Waals surface area contributed by atoms with Gasteiger partial charge in [0.15, 0.2) is 0 Å². The van der Waals surface area contributed by atoms with Gasteiger partial charge in [0.05, 0.1) is 0 Å². The van der Waals surface area contributed by atoms with Crippen molar-refractivity contribution in [2.75, 3.05) is 24.2 Å². The molecule has 0 aliphatic heterocycles. The van der Waals surface area contributed by atoms with Crippen LogP contribution < -0.4 is 0 Å².